The zero-order valence-electron chi connectivity index (χ0n) is 11.9. The monoisotopic (exact) mass is 417 g/mol. The van der Waals surface area contributed by atoms with Crippen molar-refractivity contribution in [1.82, 2.24) is 19.3 Å². The molecule has 1 saturated heterocycles. The molecule has 0 bridgehead atoms. The minimum absolute atomic E-state index is 0.127. The standard InChI is InChI=1S/C13H13BrClN5O2S/c14-11-7-10(8-18-13(11)15)23(21,22)20-5-3-19(4-6-20)12-9-16-1-2-17-12/h1-2,7-9H,3-6H2. The fourth-order valence-electron chi connectivity index (χ4n) is 2.31. The third-order valence-corrected chi connectivity index (χ3v) is 6.52. The number of pyridine rings is 1. The van der Waals surface area contributed by atoms with E-state index in [0.29, 0.717) is 30.7 Å². The van der Waals surface area contributed by atoms with E-state index in [-0.39, 0.29) is 10.0 Å². The minimum Gasteiger partial charge on any atom is -0.353 e. The zero-order chi connectivity index (χ0) is 16.4. The molecule has 1 aliphatic rings. The van der Waals surface area contributed by atoms with E-state index in [1.807, 2.05) is 4.90 Å². The lowest BCUT2D eigenvalue weighted by molar-refractivity contribution is 0.383. The van der Waals surface area contributed by atoms with Gasteiger partial charge in [-0.2, -0.15) is 4.31 Å². The van der Waals surface area contributed by atoms with Gasteiger partial charge in [0.25, 0.3) is 0 Å². The fraction of sp³-hybridized carbons (Fsp3) is 0.308. The Hall–Kier alpha value is -1.29. The molecule has 0 radical (unpaired) electrons. The number of rotatable bonds is 3. The summed E-state index contributed by atoms with van der Waals surface area (Å²) in [4.78, 5) is 14.3. The Balaban J connectivity index is 1.75. The van der Waals surface area contributed by atoms with Gasteiger partial charge in [0.2, 0.25) is 10.0 Å². The number of nitrogens with zero attached hydrogens (tertiary/aromatic N) is 5. The molecule has 0 spiro atoms. The van der Waals surface area contributed by atoms with Crippen LogP contribution in [0.1, 0.15) is 0 Å². The van der Waals surface area contributed by atoms with Gasteiger partial charge in [0.1, 0.15) is 15.9 Å². The van der Waals surface area contributed by atoms with Crippen LogP contribution in [0.25, 0.3) is 0 Å². The van der Waals surface area contributed by atoms with Gasteiger partial charge in [0, 0.05) is 44.8 Å². The van der Waals surface area contributed by atoms with Crippen LogP contribution in [-0.4, -0.2) is 53.9 Å². The molecule has 0 N–H and O–H groups in total. The van der Waals surface area contributed by atoms with Crippen LogP contribution in [0.4, 0.5) is 5.82 Å². The lowest BCUT2D eigenvalue weighted by Crippen LogP contribution is -2.48. The van der Waals surface area contributed by atoms with Gasteiger partial charge < -0.3 is 4.90 Å². The molecule has 2 aromatic rings. The largest absolute Gasteiger partial charge is 0.353 e. The Morgan fingerprint density at radius 3 is 2.43 bits per heavy atom. The molecule has 0 aliphatic carbocycles. The number of piperazine rings is 1. The summed E-state index contributed by atoms with van der Waals surface area (Å²) in [5.74, 6) is 0.750. The first-order valence-corrected chi connectivity index (χ1v) is 9.42. The normalized spacial score (nSPS) is 16.5. The maximum atomic E-state index is 12.7. The number of hydrogen-bond donors (Lipinski definition) is 0. The average Bonchev–Trinajstić information content (AvgIpc) is 2.58. The van der Waals surface area contributed by atoms with Crippen molar-refractivity contribution < 1.29 is 8.42 Å². The van der Waals surface area contributed by atoms with Crippen LogP contribution in [0.5, 0.6) is 0 Å². The quantitative estimate of drug-likeness (QED) is 0.707. The van der Waals surface area contributed by atoms with Crippen molar-refractivity contribution in [3.8, 4) is 0 Å². The van der Waals surface area contributed by atoms with Gasteiger partial charge in [-0.15, -0.1) is 0 Å². The molecule has 0 atom stereocenters. The van der Waals surface area contributed by atoms with E-state index in [1.54, 1.807) is 18.6 Å². The van der Waals surface area contributed by atoms with Crippen LogP contribution in [-0.2, 0) is 10.0 Å². The maximum absolute atomic E-state index is 12.7. The third kappa shape index (κ3) is 3.47. The highest BCUT2D eigenvalue weighted by molar-refractivity contribution is 9.10. The van der Waals surface area contributed by atoms with Crippen molar-refractivity contribution in [3.05, 3.63) is 40.5 Å². The predicted octanol–water partition coefficient (Wildman–Crippen LogP) is 1.80. The van der Waals surface area contributed by atoms with Crippen LogP contribution in [0.3, 0.4) is 0 Å². The summed E-state index contributed by atoms with van der Waals surface area (Å²) < 4.78 is 27.2. The summed E-state index contributed by atoms with van der Waals surface area (Å²) in [5, 5.41) is 0.233. The highest BCUT2D eigenvalue weighted by atomic mass is 79.9. The van der Waals surface area contributed by atoms with Gasteiger partial charge >= 0.3 is 0 Å². The molecule has 0 aromatic carbocycles. The summed E-state index contributed by atoms with van der Waals surface area (Å²) in [6, 6.07) is 1.47. The molecule has 122 valence electrons. The SMILES string of the molecule is O=S(=O)(c1cnc(Cl)c(Br)c1)N1CCN(c2cnccn2)CC1. The Bertz CT molecular complexity index is 797. The first-order chi connectivity index (χ1) is 11.0. The fourth-order valence-corrected chi connectivity index (χ4v) is 4.30. The van der Waals surface area contributed by atoms with Crippen LogP contribution in [0.2, 0.25) is 5.15 Å². The van der Waals surface area contributed by atoms with Crippen molar-refractivity contribution in [3.63, 3.8) is 0 Å². The number of sulfonamides is 1. The molecule has 3 rings (SSSR count). The third-order valence-electron chi connectivity index (χ3n) is 3.52. The first kappa shape index (κ1) is 16.6. The molecule has 0 amide bonds. The summed E-state index contributed by atoms with van der Waals surface area (Å²) in [7, 11) is -3.59. The smallest absolute Gasteiger partial charge is 0.244 e. The number of anilines is 1. The first-order valence-electron chi connectivity index (χ1n) is 6.80. The summed E-state index contributed by atoms with van der Waals surface area (Å²) in [5.41, 5.74) is 0. The zero-order valence-corrected chi connectivity index (χ0v) is 15.1. The molecular weight excluding hydrogens is 406 g/mol. The van der Waals surface area contributed by atoms with E-state index in [4.69, 9.17) is 11.6 Å². The summed E-state index contributed by atoms with van der Waals surface area (Å²) in [6.45, 7) is 1.86. The second-order valence-corrected chi connectivity index (χ2v) is 8.05. The Kier molecular flexibility index (Phi) is 4.81. The van der Waals surface area contributed by atoms with E-state index in [2.05, 4.69) is 30.9 Å². The second kappa shape index (κ2) is 6.68. The maximum Gasteiger partial charge on any atom is 0.244 e. The van der Waals surface area contributed by atoms with Gasteiger partial charge in [-0.1, -0.05) is 11.6 Å². The number of halogens is 2. The van der Waals surface area contributed by atoms with E-state index in [0.717, 1.165) is 5.82 Å². The van der Waals surface area contributed by atoms with Crippen LogP contribution in [0.15, 0.2) is 40.2 Å². The molecule has 1 aliphatic heterocycles. The molecule has 2 aromatic heterocycles. The van der Waals surface area contributed by atoms with E-state index < -0.39 is 10.0 Å². The van der Waals surface area contributed by atoms with Gasteiger partial charge in [-0.25, -0.2) is 18.4 Å². The highest BCUT2D eigenvalue weighted by Gasteiger charge is 2.29. The molecule has 0 saturated carbocycles. The van der Waals surface area contributed by atoms with Crippen LogP contribution < -0.4 is 4.90 Å². The van der Waals surface area contributed by atoms with Crippen molar-refractivity contribution in [2.24, 2.45) is 0 Å². The molecule has 7 nitrogen and oxygen atoms in total. The Labute approximate surface area is 147 Å². The lowest BCUT2D eigenvalue weighted by atomic mass is 10.3. The molecule has 1 fully saturated rings. The van der Waals surface area contributed by atoms with Crippen molar-refractivity contribution >= 4 is 43.4 Å². The average molecular weight is 419 g/mol. The van der Waals surface area contributed by atoms with E-state index in [1.165, 1.54) is 16.6 Å². The number of aromatic nitrogens is 3. The van der Waals surface area contributed by atoms with Crippen molar-refractivity contribution in [2.75, 3.05) is 31.1 Å². The number of hydrogen-bond acceptors (Lipinski definition) is 6. The van der Waals surface area contributed by atoms with Crippen LogP contribution >= 0.6 is 27.5 Å². The molecule has 10 heteroatoms. The molecular formula is C13H13BrClN5O2S. The molecule has 0 unspecified atom stereocenters. The van der Waals surface area contributed by atoms with E-state index >= 15 is 0 Å². The van der Waals surface area contributed by atoms with Gasteiger partial charge in [-0.05, 0) is 22.0 Å². The Morgan fingerprint density at radius 1 is 1.09 bits per heavy atom. The van der Waals surface area contributed by atoms with Crippen LogP contribution in [0, 0.1) is 0 Å². The van der Waals surface area contributed by atoms with Gasteiger partial charge in [-0.3, -0.25) is 4.98 Å². The second-order valence-electron chi connectivity index (χ2n) is 4.90. The highest BCUT2D eigenvalue weighted by Crippen LogP contribution is 2.25. The summed E-state index contributed by atoms with van der Waals surface area (Å²) in [6.07, 6.45) is 6.17. The summed E-state index contributed by atoms with van der Waals surface area (Å²) >= 11 is 9.02. The predicted molar refractivity (Wildman–Crippen MR) is 90.0 cm³/mol. The van der Waals surface area contributed by atoms with Gasteiger partial charge in [0.15, 0.2) is 0 Å². The topological polar surface area (TPSA) is 79.3 Å². The van der Waals surface area contributed by atoms with Crippen molar-refractivity contribution in [2.45, 2.75) is 4.90 Å². The molecule has 3 heterocycles. The van der Waals surface area contributed by atoms with Gasteiger partial charge in [0.05, 0.1) is 10.7 Å². The molecule has 23 heavy (non-hydrogen) atoms. The minimum atomic E-state index is -3.59. The Morgan fingerprint density at radius 2 is 1.83 bits per heavy atom. The van der Waals surface area contributed by atoms with E-state index in [9.17, 15) is 8.42 Å². The van der Waals surface area contributed by atoms with Crippen molar-refractivity contribution in [1.29, 1.82) is 0 Å². The lowest BCUT2D eigenvalue weighted by Gasteiger charge is -2.34.